The predicted octanol–water partition coefficient (Wildman–Crippen LogP) is 3.12. The van der Waals surface area contributed by atoms with Crippen molar-refractivity contribution in [3.05, 3.63) is 35.4 Å². The number of fused-ring (bicyclic) bond motifs is 2. The first-order chi connectivity index (χ1) is 12.7. The third-order valence-electron chi connectivity index (χ3n) is 5.18. The Morgan fingerprint density at radius 1 is 1.19 bits per heavy atom. The monoisotopic (exact) mass is 353 g/mol. The van der Waals surface area contributed by atoms with Crippen molar-refractivity contribution in [1.29, 1.82) is 0 Å². The molecule has 0 N–H and O–H groups in total. The molecule has 6 heteroatoms. The number of aryl methyl sites for hydroxylation is 1. The third-order valence-corrected chi connectivity index (χ3v) is 5.18. The van der Waals surface area contributed by atoms with Gasteiger partial charge in [-0.3, -0.25) is 4.79 Å². The summed E-state index contributed by atoms with van der Waals surface area (Å²) in [4.78, 5) is 32.2. The van der Waals surface area contributed by atoms with Gasteiger partial charge in [-0.25, -0.2) is 9.78 Å². The second kappa shape index (κ2) is 6.94. The minimum atomic E-state index is -0.355. The van der Waals surface area contributed by atoms with E-state index in [1.54, 1.807) is 4.90 Å². The van der Waals surface area contributed by atoms with E-state index in [9.17, 15) is 9.59 Å². The maximum atomic E-state index is 12.3. The number of aromatic nitrogens is 1. The van der Waals surface area contributed by atoms with Crippen molar-refractivity contribution in [2.24, 2.45) is 0 Å². The summed E-state index contributed by atoms with van der Waals surface area (Å²) in [5.74, 6) is 0.647. The largest absolute Gasteiger partial charge is 0.416 e. The fourth-order valence-corrected chi connectivity index (χ4v) is 3.75. The van der Waals surface area contributed by atoms with E-state index < -0.39 is 0 Å². The fraction of sp³-hybridized carbons (Fsp3) is 0.450. The third kappa shape index (κ3) is 3.11. The Hall–Kier alpha value is -2.63. The molecule has 26 heavy (non-hydrogen) atoms. The van der Waals surface area contributed by atoms with Crippen LogP contribution in [-0.4, -0.2) is 46.4 Å². The molecular formula is C20H23N3O3. The normalized spacial score (nSPS) is 17.0. The molecule has 2 aliphatic heterocycles. The van der Waals surface area contributed by atoms with Crippen molar-refractivity contribution < 1.29 is 14.3 Å². The molecule has 2 amide bonds. The average Bonchev–Trinajstić information content (AvgIpc) is 3.05. The molecule has 2 aromatic rings. The highest BCUT2D eigenvalue weighted by Gasteiger charge is 2.27. The van der Waals surface area contributed by atoms with Crippen molar-refractivity contribution >= 4 is 22.9 Å². The van der Waals surface area contributed by atoms with Gasteiger partial charge in [-0.1, -0.05) is 25.1 Å². The van der Waals surface area contributed by atoms with Crippen molar-refractivity contribution in [2.45, 2.75) is 39.2 Å². The minimum absolute atomic E-state index is 0.221. The van der Waals surface area contributed by atoms with Gasteiger partial charge in [0.15, 0.2) is 0 Å². The maximum Gasteiger partial charge on any atom is 0.416 e. The van der Waals surface area contributed by atoms with Gasteiger partial charge in [0, 0.05) is 37.0 Å². The first-order valence-electron chi connectivity index (χ1n) is 9.31. The number of carbonyl (C=O) groups excluding carboxylic acids is 2. The number of rotatable bonds is 5. The van der Waals surface area contributed by atoms with Gasteiger partial charge in [-0.05, 0) is 30.9 Å². The van der Waals surface area contributed by atoms with Crippen LogP contribution in [0.1, 0.15) is 37.3 Å². The predicted molar refractivity (Wildman–Crippen MR) is 98.0 cm³/mol. The summed E-state index contributed by atoms with van der Waals surface area (Å²) in [6, 6.07) is 8.20. The van der Waals surface area contributed by atoms with Crippen LogP contribution in [0.3, 0.4) is 0 Å². The Bertz CT molecular complexity index is 865. The van der Waals surface area contributed by atoms with Gasteiger partial charge >= 0.3 is 6.09 Å². The van der Waals surface area contributed by atoms with Crippen molar-refractivity contribution in [1.82, 2.24) is 14.8 Å². The number of likely N-dealkylation sites (tertiary alicyclic amines) is 1. The number of carbonyl (C=O) groups is 2. The molecular weight excluding hydrogens is 330 g/mol. The van der Waals surface area contributed by atoms with Crippen molar-refractivity contribution in [3.8, 4) is 5.88 Å². The molecule has 0 radical (unpaired) electrons. The van der Waals surface area contributed by atoms with Gasteiger partial charge in [0.2, 0.25) is 11.8 Å². The molecule has 0 saturated carbocycles. The Balaban J connectivity index is 1.48. The number of nitrogens with zero attached hydrogens (tertiary/aromatic N) is 3. The summed E-state index contributed by atoms with van der Waals surface area (Å²) in [7, 11) is 0. The zero-order valence-corrected chi connectivity index (χ0v) is 15.0. The minimum Gasteiger partial charge on any atom is -0.391 e. The van der Waals surface area contributed by atoms with Crippen LogP contribution < -0.4 is 4.74 Å². The molecule has 0 unspecified atom stereocenters. The molecule has 4 rings (SSSR count). The number of hydrogen-bond acceptors (Lipinski definition) is 4. The first-order valence-corrected chi connectivity index (χ1v) is 9.31. The molecule has 2 aliphatic rings. The van der Waals surface area contributed by atoms with Gasteiger partial charge in [0.05, 0.1) is 12.1 Å². The molecule has 1 fully saturated rings. The van der Waals surface area contributed by atoms with E-state index in [1.165, 1.54) is 0 Å². The summed E-state index contributed by atoms with van der Waals surface area (Å²) in [5, 5.41) is 1.07. The standard InChI is InChI=1S/C20H23N3O3/c1-2-14-6-3-7-15-12-16-13-23(20(25)26-19(16)21-18(14)15)11-5-10-22-9-4-8-17(22)24/h3,6-7,12H,2,4-5,8-11,13H2,1H3. The number of ether oxygens (including phenoxy) is 1. The topological polar surface area (TPSA) is 62.7 Å². The van der Waals surface area contributed by atoms with Crippen LogP contribution in [0.2, 0.25) is 0 Å². The van der Waals surface area contributed by atoms with Crippen LogP contribution in [0.5, 0.6) is 5.88 Å². The number of amides is 2. The smallest absolute Gasteiger partial charge is 0.391 e. The fourth-order valence-electron chi connectivity index (χ4n) is 3.75. The molecule has 0 spiro atoms. The van der Waals surface area contributed by atoms with Crippen molar-refractivity contribution in [3.63, 3.8) is 0 Å². The molecule has 6 nitrogen and oxygen atoms in total. The maximum absolute atomic E-state index is 12.3. The Labute approximate surface area is 152 Å². The van der Waals surface area contributed by atoms with Gasteiger partial charge in [-0.15, -0.1) is 0 Å². The summed E-state index contributed by atoms with van der Waals surface area (Å²) >= 11 is 0. The summed E-state index contributed by atoms with van der Waals surface area (Å²) in [6.45, 7) is 4.71. The van der Waals surface area contributed by atoms with E-state index in [4.69, 9.17) is 4.74 Å². The lowest BCUT2D eigenvalue weighted by Crippen LogP contribution is -2.39. The van der Waals surface area contributed by atoms with Crippen molar-refractivity contribution in [2.75, 3.05) is 19.6 Å². The van der Waals surface area contributed by atoms with Crippen LogP contribution in [0.4, 0.5) is 4.79 Å². The van der Waals surface area contributed by atoms with Crippen LogP contribution in [0.15, 0.2) is 24.3 Å². The number of hydrogen-bond donors (Lipinski definition) is 0. The van der Waals surface area contributed by atoms with Gasteiger partial charge in [0.1, 0.15) is 0 Å². The van der Waals surface area contributed by atoms with Crippen LogP contribution in [0.25, 0.3) is 10.9 Å². The Kier molecular flexibility index (Phi) is 4.49. The SMILES string of the molecule is CCc1cccc2cc3c(nc12)OC(=O)N(CCCN1CCCC1=O)C3. The van der Waals surface area contributed by atoms with E-state index in [1.807, 2.05) is 17.0 Å². The number of benzene rings is 1. The number of para-hydroxylation sites is 1. The van der Waals surface area contributed by atoms with Gasteiger partial charge in [0.25, 0.3) is 0 Å². The van der Waals surface area contributed by atoms with E-state index in [0.29, 0.717) is 31.9 Å². The van der Waals surface area contributed by atoms with Gasteiger partial charge < -0.3 is 14.5 Å². The molecule has 3 heterocycles. The number of pyridine rings is 1. The van der Waals surface area contributed by atoms with E-state index >= 15 is 0 Å². The lowest BCUT2D eigenvalue weighted by molar-refractivity contribution is -0.127. The van der Waals surface area contributed by atoms with Crippen LogP contribution in [-0.2, 0) is 17.8 Å². The highest BCUT2D eigenvalue weighted by atomic mass is 16.6. The molecule has 1 aromatic heterocycles. The van der Waals surface area contributed by atoms with E-state index in [0.717, 1.165) is 47.8 Å². The Morgan fingerprint density at radius 3 is 2.81 bits per heavy atom. The molecule has 0 bridgehead atoms. The lowest BCUT2D eigenvalue weighted by atomic mass is 10.1. The van der Waals surface area contributed by atoms with E-state index in [2.05, 4.69) is 24.0 Å². The highest BCUT2D eigenvalue weighted by Crippen LogP contribution is 2.29. The molecule has 1 aromatic carbocycles. The van der Waals surface area contributed by atoms with Crippen LogP contribution in [0, 0.1) is 0 Å². The summed E-state index contributed by atoms with van der Waals surface area (Å²) in [5.41, 5.74) is 2.99. The molecule has 136 valence electrons. The molecule has 1 saturated heterocycles. The second-order valence-corrected chi connectivity index (χ2v) is 6.92. The molecule has 0 atom stereocenters. The lowest BCUT2D eigenvalue weighted by Gasteiger charge is -2.28. The van der Waals surface area contributed by atoms with Gasteiger partial charge in [-0.2, -0.15) is 0 Å². The van der Waals surface area contributed by atoms with E-state index in [-0.39, 0.29) is 12.0 Å². The highest BCUT2D eigenvalue weighted by molar-refractivity contribution is 5.85. The quantitative estimate of drug-likeness (QED) is 0.828. The second-order valence-electron chi connectivity index (χ2n) is 6.92. The summed E-state index contributed by atoms with van der Waals surface area (Å²) in [6.07, 6.45) is 2.88. The zero-order valence-electron chi connectivity index (χ0n) is 15.0. The summed E-state index contributed by atoms with van der Waals surface area (Å²) < 4.78 is 5.49. The Morgan fingerprint density at radius 2 is 2.04 bits per heavy atom. The average molecular weight is 353 g/mol. The first kappa shape index (κ1) is 16.8. The van der Waals surface area contributed by atoms with Crippen LogP contribution >= 0.6 is 0 Å². The zero-order chi connectivity index (χ0) is 18.1. The molecule has 0 aliphatic carbocycles.